The van der Waals surface area contributed by atoms with Crippen molar-refractivity contribution in [2.45, 2.75) is 25.8 Å². The van der Waals surface area contributed by atoms with Crippen LogP contribution in [0.25, 0.3) is 11.0 Å². The molecule has 4 nitrogen and oxygen atoms in total. The molecule has 0 atom stereocenters. The molecule has 0 radical (unpaired) electrons. The predicted molar refractivity (Wildman–Crippen MR) is 122 cm³/mol. The number of hydrogen-bond acceptors (Lipinski definition) is 2. The average molecular weight is 418 g/mol. The Bertz CT molecular complexity index is 1140. The molecule has 5 heteroatoms. The quantitative estimate of drug-likeness (QED) is 0.423. The maximum Gasteiger partial charge on any atom is 0.251 e. The van der Waals surface area contributed by atoms with Gasteiger partial charge in [-0.1, -0.05) is 60.1 Å². The number of nitrogens with zero attached hydrogens (tertiary/aromatic N) is 2. The standard InChI is InChI=1S/C25H24ClN3O/c26-21-12-6-11-20(18-21)25(30)27-16-15-24-28-22-13-4-5-14-23(22)29(24)17-7-10-19-8-2-1-3-9-19/h1-6,8-9,11-14,18H,7,10,15-17H2,(H,27,30). The van der Waals surface area contributed by atoms with E-state index in [1.54, 1.807) is 24.3 Å². The topological polar surface area (TPSA) is 46.9 Å². The van der Waals surface area contributed by atoms with E-state index in [-0.39, 0.29) is 5.91 Å². The summed E-state index contributed by atoms with van der Waals surface area (Å²) in [7, 11) is 0. The molecule has 1 N–H and O–H groups in total. The SMILES string of the molecule is O=C(NCCc1nc2ccccc2n1CCCc1ccccc1)c1cccc(Cl)c1. The number of rotatable bonds is 8. The van der Waals surface area contributed by atoms with Crippen LogP contribution in [0.15, 0.2) is 78.9 Å². The smallest absolute Gasteiger partial charge is 0.251 e. The molecule has 0 bridgehead atoms. The van der Waals surface area contributed by atoms with Crippen LogP contribution in [-0.4, -0.2) is 22.0 Å². The lowest BCUT2D eigenvalue weighted by atomic mass is 10.1. The highest BCUT2D eigenvalue weighted by Gasteiger charge is 2.11. The second-order valence-electron chi connectivity index (χ2n) is 7.27. The Morgan fingerprint density at radius 2 is 1.73 bits per heavy atom. The van der Waals surface area contributed by atoms with Gasteiger partial charge in [0.2, 0.25) is 0 Å². The van der Waals surface area contributed by atoms with Crippen molar-refractivity contribution in [3.8, 4) is 0 Å². The zero-order valence-corrected chi connectivity index (χ0v) is 17.5. The van der Waals surface area contributed by atoms with E-state index in [1.807, 2.05) is 24.3 Å². The van der Waals surface area contributed by atoms with Crippen molar-refractivity contribution in [2.24, 2.45) is 0 Å². The molecule has 0 saturated carbocycles. The maximum absolute atomic E-state index is 12.4. The van der Waals surface area contributed by atoms with Crippen LogP contribution in [0.1, 0.15) is 28.2 Å². The highest BCUT2D eigenvalue weighted by Crippen LogP contribution is 2.18. The maximum atomic E-state index is 12.4. The number of benzene rings is 3. The third kappa shape index (κ3) is 4.89. The third-order valence-electron chi connectivity index (χ3n) is 5.14. The first-order valence-electron chi connectivity index (χ1n) is 10.2. The molecule has 0 spiro atoms. The van der Waals surface area contributed by atoms with Gasteiger partial charge in [-0.2, -0.15) is 0 Å². The van der Waals surface area contributed by atoms with Gasteiger partial charge in [0.1, 0.15) is 5.82 Å². The molecule has 0 aliphatic carbocycles. The van der Waals surface area contributed by atoms with Crippen LogP contribution in [0.3, 0.4) is 0 Å². The van der Waals surface area contributed by atoms with Crippen LogP contribution in [0.5, 0.6) is 0 Å². The number of para-hydroxylation sites is 2. The Kier molecular flexibility index (Phi) is 6.45. The number of aryl methyl sites for hydroxylation is 2. The number of halogens is 1. The van der Waals surface area contributed by atoms with Gasteiger partial charge in [0.05, 0.1) is 11.0 Å². The Balaban J connectivity index is 1.42. The molecule has 0 unspecified atom stereocenters. The van der Waals surface area contributed by atoms with Gasteiger partial charge in [-0.05, 0) is 48.7 Å². The van der Waals surface area contributed by atoms with E-state index >= 15 is 0 Å². The fourth-order valence-electron chi connectivity index (χ4n) is 3.67. The Morgan fingerprint density at radius 3 is 2.57 bits per heavy atom. The van der Waals surface area contributed by atoms with E-state index in [1.165, 1.54) is 5.56 Å². The fraction of sp³-hybridized carbons (Fsp3) is 0.200. The first kappa shape index (κ1) is 20.2. The zero-order valence-electron chi connectivity index (χ0n) is 16.7. The van der Waals surface area contributed by atoms with Gasteiger partial charge >= 0.3 is 0 Å². The first-order chi connectivity index (χ1) is 14.7. The zero-order chi connectivity index (χ0) is 20.8. The molecule has 0 aliphatic rings. The van der Waals surface area contributed by atoms with Crippen LogP contribution in [0.2, 0.25) is 5.02 Å². The van der Waals surface area contributed by atoms with E-state index in [4.69, 9.17) is 16.6 Å². The largest absolute Gasteiger partial charge is 0.352 e. The number of hydrogen-bond donors (Lipinski definition) is 1. The van der Waals surface area contributed by atoms with Gasteiger partial charge < -0.3 is 9.88 Å². The summed E-state index contributed by atoms with van der Waals surface area (Å²) in [6.07, 6.45) is 2.73. The second-order valence-corrected chi connectivity index (χ2v) is 7.71. The minimum Gasteiger partial charge on any atom is -0.352 e. The van der Waals surface area contributed by atoms with E-state index in [2.05, 4.69) is 40.2 Å². The molecule has 3 aromatic carbocycles. The summed E-state index contributed by atoms with van der Waals surface area (Å²) in [6.45, 7) is 1.42. The van der Waals surface area contributed by atoms with Crippen molar-refractivity contribution in [1.82, 2.24) is 14.9 Å². The Labute approximate surface area is 181 Å². The molecule has 4 aromatic rings. The Morgan fingerprint density at radius 1 is 0.933 bits per heavy atom. The number of aromatic nitrogens is 2. The summed E-state index contributed by atoms with van der Waals surface area (Å²) in [4.78, 5) is 17.2. The van der Waals surface area contributed by atoms with Gasteiger partial charge in [0, 0.05) is 30.1 Å². The number of carbonyl (C=O) groups excluding carboxylic acids is 1. The normalized spacial score (nSPS) is 11.0. The molecule has 0 saturated heterocycles. The van der Waals surface area contributed by atoms with Crippen LogP contribution in [0.4, 0.5) is 0 Å². The molecule has 1 aromatic heterocycles. The summed E-state index contributed by atoms with van der Waals surface area (Å²) in [6, 6.07) is 25.7. The molecule has 0 fully saturated rings. The van der Waals surface area contributed by atoms with Crippen molar-refractivity contribution in [3.63, 3.8) is 0 Å². The molecule has 30 heavy (non-hydrogen) atoms. The van der Waals surface area contributed by atoms with Crippen molar-refractivity contribution < 1.29 is 4.79 Å². The van der Waals surface area contributed by atoms with Gasteiger partial charge in [-0.3, -0.25) is 4.79 Å². The third-order valence-corrected chi connectivity index (χ3v) is 5.38. The summed E-state index contributed by atoms with van der Waals surface area (Å²) in [5.41, 5.74) is 4.05. The molecule has 1 heterocycles. The monoisotopic (exact) mass is 417 g/mol. The van der Waals surface area contributed by atoms with Crippen LogP contribution >= 0.6 is 11.6 Å². The van der Waals surface area contributed by atoms with Crippen LogP contribution < -0.4 is 5.32 Å². The lowest BCUT2D eigenvalue weighted by Gasteiger charge is -2.10. The second kappa shape index (κ2) is 9.59. The first-order valence-corrected chi connectivity index (χ1v) is 10.6. The summed E-state index contributed by atoms with van der Waals surface area (Å²) < 4.78 is 2.28. The van der Waals surface area contributed by atoms with Crippen molar-refractivity contribution in [3.05, 3.63) is 101 Å². The van der Waals surface area contributed by atoms with Gasteiger partial charge in [0.15, 0.2) is 0 Å². The van der Waals surface area contributed by atoms with E-state index in [0.29, 0.717) is 23.6 Å². The number of amides is 1. The lowest BCUT2D eigenvalue weighted by Crippen LogP contribution is -2.26. The highest BCUT2D eigenvalue weighted by molar-refractivity contribution is 6.30. The number of fused-ring (bicyclic) bond motifs is 1. The molecular weight excluding hydrogens is 394 g/mol. The predicted octanol–water partition coefficient (Wildman–Crippen LogP) is 5.30. The minimum atomic E-state index is -0.121. The summed E-state index contributed by atoms with van der Waals surface area (Å²) >= 11 is 5.98. The van der Waals surface area contributed by atoms with Crippen molar-refractivity contribution >= 4 is 28.5 Å². The van der Waals surface area contributed by atoms with Gasteiger partial charge in [-0.25, -0.2) is 4.98 Å². The fourth-order valence-corrected chi connectivity index (χ4v) is 3.86. The minimum absolute atomic E-state index is 0.121. The van der Waals surface area contributed by atoms with E-state index in [0.717, 1.165) is 36.2 Å². The van der Waals surface area contributed by atoms with Gasteiger partial charge in [-0.15, -0.1) is 0 Å². The lowest BCUT2D eigenvalue weighted by molar-refractivity contribution is 0.0954. The number of carbonyl (C=O) groups is 1. The molecule has 152 valence electrons. The molecule has 0 aliphatic heterocycles. The summed E-state index contributed by atoms with van der Waals surface area (Å²) in [5, 5.41) is 3.54. The Hall–Kier alpha value is -3.11. The number of imidazole rings is 1. The van der Waals surface area contributed by atoms with Crippen LogP contribution in [0, 0.1) is 0 Å². The van der Waals surface area contributed by atoms with Crippen molar-refractivity contribution in [1.29, 1.82) is 0 Å². The number of nitrogens with one attached hydrogen (secondary N) is 1. The van der Waals surface area contributed by atoms with Crippen LogP contribution in [-0.2, 0) is 19.4 Å². The summed E-state index contributed by atoms with van der Waals surface area (Å²) in [5.74, 6) is 0.875. The molecule has 4 rings (SSSR count). The molecular formula is C25H24ClN3O. The van der Waals surface area contributed by atoms with E-state index < -0.39 is 0 Å². The van der Waals surface area contributed by atoms with E-state index in [9.17, 15) is 4.79 Å². The van der Waals surface area contributed by atoms with Gasteiger partial charge in [0.25, 0.3) is 5.91 Å². The molecule has 1 amide bonds. The van der Waals surface area contributed by atoms with Crippen molar-refractivity contribution in [2.75, 3.05) is 6.54 Å². The highest BCUT2D eigenvalue weighted by atomic mass is 35.5. The average Bonchev–Trinajstić information content (AvgIpc) is 3.12.